The molecule has 0 N–H and O–H groups in total. The van der Waals surface area contributed by atoms with Crippen LogP contribution in [0.4, 0.5) is 0 Å². The van der Waals surface area contributed by atoms with E-state index in [1.165, 1.54) is 18.1 Å². The lowest BCUT2D eigenvalue weighted by Crippen LogP contribution is -1.68. The maximum atomic E-state index is 4.08. The SMILES string of the molecule is C=C(/C=C\CC)c1cc2sc(Br)cc2s1. The summed E-state index contributed by atoms with van der Waals surface area (Å²) >= 11 is 7.08. The van der Waals surface area contributed by atoms with Crippen molar-refractivity contribution in [1.29, 1.82) is 0 Å². The Morgan fingerprint density at radius 1 is 1.40 bits per heavy atom. The van der Waals surface area contributed by atoms with Crippen molar-refractivity contribution in [1.82, 2.24) is 0 Å². The van der Waals surface area contributed by atoms with Crippen LogP contribution in [0, 0.1) is 0 Å². The zero-order chi connectivity index (χ0) is 10.8. The summed E-state index contributed by atoms with van der Waals surface area (Å²) in [5, 5.41) is 0. The lowest BCUT2D eigenvalue weighted by Gasteiger charge is -1.92. The van der Waals surface area contributed by atoms with Crippen molar-refractivity contribution in [2.24, 2.45) is 0 Å². The van der Waals surface area contributed by atoms with Crippen LogP contribution in [0.15, 0.2) is 34.7 Å². The predicted molar refractivity (Wildman–Crippen MR) is 75.9 cm³/mol. The molecule has 0 saturated carbocycles. The molecule has 0 aliphatic rings. The fraction of sp³-hybridized carbons (Fsp3) is 0.167. The van der Waals surface area contributed by atoms with Crippen LogP contribution >= 0.6 is 38.6 Å². The van der Waals surface area contributed by atoms with Crippen LogP contribution in [-0.2, 0) is 0 Å². The second-order valence-electron chi connectivity index (χ2n) is 3.23. The van der Waals surface area contributed by atoms with Crippen molar-refractivity contribution in [3.63, 3.8) is 0 Å². The van der Waals surface area contributed by atoms with Crippen molar-refractivity contribution >= 4 is 53.6 Å². The van der Waals surface area contributed by atoms with Crippen LogP contribution in [0.1, 0.15) is 18.2 Å². The van der Waals surface area contributed by atoms with E-state index in [0.717, 1.165) is 12.0 Å². The summed E-state index contributed by atoms with van der Waals surface area (Å²) in [5.41, 5.74) is 1.11. The van der Waals surface area contributed by atoms with Gasteiger partial charge in [-0.25, -0.2) is 0 Å². The first-order chi connectivity index (χ1) is 7.20. The highest BCUT2D eigenvalue weighted by atomic mass is 79.9. The smallest absolute Gasteiger partial charge is 0.0719 e. The molecule has 3 heteroatoms. The number of allylic oxidation sites excluding steroid dienone is 3. The molecule has 0 spiro atoms. The van der Waals surface area contributed by atoms with Gasteiger partial charge in [0.1, 0.15) is 0 Å². The van der Waals surface area contributed by atoms with E-state index in [4.69, 9.17) is 0 Å². The monoisotopic (exact) mass is 298 g/mol. The maximum Gasteiger partial charge on any atom is 0.0719 e. The van der Waals surface area contributed by atoms with Gasteiger partial charge in [-0.15, -0.1) is 22.7 Å². The molecule has 0 nitrogen and oxygen atoms in total. The number of thiophene rings is 2. The summed E-state index contributed by atoms with van der Waals surface area (Å²) in [4.78, 5) is 1.27. The Hall–Kier alpha value is -0.380. The molecule has 0 fully saturated rings. The first-order valence-electron chi connectivity index (χ1n) is 4.75. The Morgan fingerprint density at radius 2 is 2.13 bits per heavy atom. The molecule has 0 saturated heterocycles. The van der Waals surface area contributed by atoms with Crippen molar-refractivity contribution in [3.8, 4) is 0 Å². The van der Waals surface area contributed by atoms with Crippen LogP contribution in [-0.4, -0.2) is 0 Å². The van der Waals surface area contributed by atoms with Crippen LogP contribution in [0.5, 0.6) is 0 Å². The summed E-state index contributed by atoms with van der Waals surface area (Å²) in [7, 11) is 0. The van der Waals surface area contributed by atoms with Crippen molar-refractivity contribution in [2.45, 2.75) is 13.3 Å². The van der Waals surface area contributed by atoms with Gasteiger partial charge in [0.05, 0.1) is 3.79 Å². The molecule has 15 heavy (non-hydrogen) atoms. The Balaban J connectivity index is 2.32. The maximum absolute atomic E-state index is 4.08. The second kappa shape index (κ2) is 4.64. The highest BCUT2D eigenvalue weighted by molar-refractivity contribution is 9.11. The van der Waals surface area contributed by atoms with Crippen molar-refractivity contribution in [2.75, 3.05) is 0 Å². The van der Waals surface area contributed by atoms with E-state index in [2.05, 4.69) is 53.7 Å². The van der Waals surface area contributed by atoms with E-state index in [9.17, 15) is 0 Å². The molecule has 0 aliphatic heterocycles. The van der Waals surface area contributed by atoms with Crippen LogP contribution in [0.25, 0.3) is 15.0 Å². The number of rotatable bonds is 3. The number of halogens is 1. The summed E-state index contributed by atoms with van der Waals surface area (Å²) in [5.74, 6) is 0. The first-order valence-corrected chi connectivity index (χ1v) is 7.18. The standard InChI is InChI=1S/C12H11BrS2/c1-3-4-5-8(2)9-6-10-11(14-9)7-12(13)15-10/h4-7H,2-3H2,1H3/b5-4-. The van der Waals surface area contributed by atoms with E-state index >= 15 is 0 Å². The number of hydrogen-bond acceptors (Lipinski definition) is 2. The summed E-state index contributed by atoms with van der Waals surface area (Å²) in [6, 6.07) is 4.39. The van der Waals surface area contributed by atoms with E-state index < -0.39 is 0 Å². The van der Waals surface area contributed by atoms with Gasteiger partial charge >= 0.3 is 0 Å². The molecule has 2 aromatic rings. The molecular formula is C12H11BrS2. The van der Waals surface area contributed by atoms with Crippen molar-refractivity contribution in [3.05, 3.63) is 39.5 Å². The molecule has 0 aliphatic carbocycles. The molecule has 78 valence electrons. The van der Waals surface area contributed by atoms with E-state index in [0.29, 0.717) is 0 Å². The average Bonchev–Trinajstić information content (AvgIpc) is 2.70. The highest BCUT2D eigenvalue weighted by Crippen LogP contribution is 2.38. The third-order valence-electron chi connectivity index (χ3n) is 2.05. The molecular weight excluding hydrogens is 288 g/mol. The molecule has 2 rings (SSSR count). The van der Waals surface area contributed by atoms with Crippen LogP contribution in [0.3, 0.4) is 0 Å². The summed E-state index contributed by atoms with van der Waals surface area (Å²) in [6.07, 6.45) is 5.31. The lowest BCUT2D eigenvalue weighted by molar-refractivity contribution is 1.23. The highest BCUT2D eigenvalue weighted by Gasteiger charge is 2.06. The fourth-order valence-corrected chi connectivity index (χ4v) is 4.28. The minimum atomic E-state index is 1.06. The number of hydrogen-bond donors (Lipinski definition) is 0. The van der Waals surface area contributed by atoms with Gasteiger partial charge in [0, 0.05) is 14.3 Å². The Morgan fingerprint density at radius 3 is 2.80 bits per heavy atom. The quantitative estimate of drug-likeness (QED) is 0.637. The van der Waals surface area contributed by atoms with Gasteiger partial charge < -0.3 is 0 Å². The summed E-state index contributed by atoms with van der Waals surface area (Å²) in [6.45, 7) is 6.21. The minimum absolute atomic E-state index is 1.06. The van der Waals surface area contributed by atoms with Crippen LogP contribution < -0.4 is 0 Å². The molecule has 2 aromatic heterocycles. The normalized spacial score (nSPS) is 11.6. The van der Waals surface area contributed by atoms with Gasteiger partial charge in [-0.3, -0.25) is 0 Å². The van der Waals surface area contributed by atoms with Gasteiger partial charge in [-0.2, -0.15) is 0 Å². The Kier molecular flexibility index (Phi) is 3.44. The minimum Gasteiger partial charge on any atom is -0.134 e. The average molecular weight is 299 g/mol. The van der Waals surface area contributed by atoms with E-state index in [-0.39, 0.29) is 0 Å². The first kappa shape index (κ1) is 11.1. The number of fused-ring (bicyclic) bond motifs is 1. The Bertz CT molecular complexity index is 485. The lowest BCUT2D eigenvalue weighted by atomic mass is 10.2. The molecule has 0 atom stereocenters. The van der Waals surface area contributed by atoms with Gasteiger partial charge in [-0.05, 0) is 40.1 Å². The third-order valence-corrected chi connectivity index (χ3v) is 4.92. The molecule has 2 heterocycles. The van der Waals surface area contributed by atoms with Gasteiger partial charge in [0.2, 0.25) is 0 Å². The Labute approximate surface area is 106 Å². The van der Waals surface area contributed by atoms with E-state index in [1.54, 1.807) is 22.7 Å². The zero-order valence-electron chi connectivity index (χ0n) is 8.42. The molecule has 0 amide bonds. The zero-order valence-corrected chi connectivity index (χ0v) is 11.6. The molecule has 0 bridgehead atoms. The fourth-order valence-electron chi connectivity index (χ4n) is 1.31. The van der Waals surface area contributed by atoms with Crippen molar-refractivity contribution < 1.29 is 0 Å². The van der Waals surface area contributed by atoms with Gasteiger partial charge in [0.25, 0.3) is 0 Å². The third kappa shape index (κ3) is 2.41. The van der Waals surface area contributed by atoms with E-state index in [1.807, 2.05) is 0 Å². The predicted octanol–water partition coefficient (Wildman–Crippen LogP) is 5.70. The molecule has 0 aromatic carbocycles. The molecule has 0 radical (unpaired) electrons. The van der Waals surface area contributed by atoms with Gasteiger partial charge in [0.15, 0.2) is 0 Å². The summed E-state index contributed by atoms with van der Waals surface area (Å²) < 4.78 is 3.88. The second-order valence-corrected chi connectivity index (χ2v) is 6.77. The van der Waals surface area contributed by atoms with Gasteiger partial charge in [-0.1, -0.05) is 25.7 Å². The van der Waals surface area contributed by atoms with Crippen LogP contribution in [0.2, 0.25) is 0 Å². The molecule has 0 unspecified atom stereocenters. The largest absolute Gasteiger partial charge is 0.134 e. The topological polar surface area (TPSA) is 0 Å².